The first-order chi connectivity index (χ1) is 10.2. The van der Waals surface area contributed by atoms with E-state index in [-0.39, 0.29) is 17.7 Å². The maximum Gasteiger partial charge on any atom is 0.316 e. The molecule has 0 aromatic carbocycles. The summed E-state index contributed by atoms with van der Waals surface area (Å²) in [5.74, 6) is -0.897. The van der Waals surface area contributed by atoms with Gasteiger partial charge in [-0.1, -0.05) is 44.9 Å². The van der Waals surface area contributed by atoms with Gasteiger partial charge in [-0.2, -0.15) is 0 Å². The quantitative estimate of drug-likeness (QED) is 0.639. The van der Waals surface area contributed by atoms with Crippen molar-refractivity contribution < 1.29 is 14.3 Å². The summed E-state index contributed by atoms with van der Waals surface area (Å²) in [4.78, 5) is 24.8. The molecule has 0 spiro atoms. The van der Waals surface area contributed by atoms with Gasteiger partial charge in [-0.3, -0.25) is 9.59 Å². The van der Waals surface area contributed by atoms with Crippen LogP contribution in [-0.4, -0.2) is 24.9 Å². The lowest BCUT2D eigenvalue weighted by Crippen LogP contribution is -2.32. The first kappa shape index (κ1) is 18.1. The second-order valence-corrected chi connectivity index (χ2v) is 6.03. The van der Waals surface area contributed by atoms with Gasteiger partial charge >= 0.3 is 5.97 Å². The summed E-state index contributed by atoms with van der Waals surface area (Å²) in [6.45, 7) is 2.63. The summed E-state index contributed by atoms with van der Waals surface area (Å²) < 4.78 is 5.11. The molecule has 1 rings (SSSR count). The fourth-order valence-corrected chi connectivity index (χ4v) is 3.16. The van der Waals surface area contributed by atoms with E-state index >= 15 is 0 Å². The highest BCUT2D eigenvalue weighted by atomic mass is 16.5. The summed E-state index contributed by atoms with van der Waals surface area (Å²) >= 11 is 0. The molecule has 0 aromatic heterocycles. The van der Waals surface area contributed by atoms with E-state index in [0.29, 0.717) is 26.0 Å². The largest absolute Gasteiger partial charge is 0.465 e. The maximum absolute atomic E-state index is 12.7. The average molecular weight is 297 g/mol. The Hall–Kier alpha value is -0.900. The van der Waals surface area contributed by atoms with Crippen molar-refractivity contribution in [1.82, 2.24) is 0 Å². The zero-order valence-electron chi connectivity index (χ0n) is 13.4. The zero-order valence-corrected chi connectivity index (χ0v) is 13.4. The van der Waals surface area contributed by atoms with E-state index in [4.69, 9.17) is 10.5 Å². The van der Waals surface area contributed by atoms with E-state index in [0.717, 1.165) is 25.7 Å². The standard InChI is InChI=1S/C17H31NO3/c1-2-21-17(20)15-11-9-7-5-3-4-6-8-10-14(12-13-18)16(15)19/h14-15H,2-13,18H2,1H3. The lowest BCUT2D eigenvalue weighted by atomic mass is 9.83. The molecule has 2 N–H and O–H groups in total. The minimum Gasteiger partial charge on any atom is -0.465 e. The van der Waals surface area contributed by atoms with Gasteiger partial charge in [0, 0.05) is 5.92 Å². The maximum atomic E-state index is 12.7. The van der Waals surface area contributed by atoms with Gasteiger partial charge in [0.05, 0.1) is 6.61 Å². The lowest BCUT2D eigenvalue weighted by molar-refractivity contribution is -0.153. The molecular weight excluding hydrogens is 266 g/mol. The summed E-state index contributed by atoms with van der Waals surface area (Å²) in [6, 6.07) is 0. The number of ether oxygens (including phenoxy) is 1. The molecule has 1 aliphatic carbocycles. The first-order valence-electron chi connectivity index (χ1n) is 8.61. The van der Waals surface area contributed by atoms with Gasteiger partial charge in [0.25, 0.3) is 0 Å². The van der Waals surface area contributed by atoms with Crippen molar-refractivity contribution in [2.45, 2.75) is 71.1 Å². The fourth-order valence-electron chi connectivity index (χ4n) is 3.16. The van der Waals surface area contributed by atoms with Crippen molar-refractivity contribution in [3.63, 3.8) is 0 Å². The van der Waals surface area contributed by atoms with Crippen molar-refractivity contribution >= 4 is 11.8 Å². The van der Waals surface area contributed by atoms with Gasteiger partial charge < -0.3 is 10.5 Å². The minimum absolute atomic E-state index is 0.0659. The molecule has 0 heterocycles. The SMILES string of the molecule is CCOC(=O)C1CCCCCCCCCC(CCN)C1=O. The van der Waals surface area contributed by atoms with Gasteiger partial charge in [-0.25, -0.2) is 0 Å². The topological polar surface area (TPSA) is 69.4 Å². The van der Waals surface area contributed by atoms with Crippen LogP contribution in [0, 0.1) is 11.8 Å². The molecule has 0 radical (unpaired) electrons. The Labute approximate surface area is 128 Å². The van der Waals surface area contributed by atoms with Crippen LogP contribution in [0.3, 0.4) is 0 Å². The van der Waals surface area contributed by atoms with Crippen LogP contribution in [0.2, 0.25) is 0 Å². The minimum atomic E-state index is -0.569. The van der Waals surface area contributed by atoms with E-state index in [9.17, 15) is 9.59 Å². The van der Waals surface area contributed by atoms with Gasteiger partial charge in [0.15, 0.2) is 0 Å². The number of hydrogen-bond acceptors (Lipinski definition) is 4. The van der Waals surface area contributed by atoms with Gasteiger partial charge in [0.1, 0.15) is 11.7 Å². The number of carbonyl (C=O) groups is 2. The van der Waals surface area contributed by atoms with Crippen molar-refractivity contribution in [2.75, 3.05) is 13.2 Å². The van der Waals surface area contributed by atoms with Crippen molar-refractivity contribution in [1.29, 1.82) is 0 Å². The summed E-state index contributed by atoms with van der Waals surface area (Å²) in [5, 5.41) is 0. The van der Waals surface area contributed by atoms with Crippen molar-refractivity contribution in [2.24, 2.45) is 17.6 Å². The molecule has 1 aliphatic rings. The number of ketones is 1. The van der Waals surface area contributed by atoms with E-state index in [2.05, 4.69) is 0 Å². The van der Waals surface area contributed by atoms with Crippen LogP contribution in [-0.2, 0) is 14.3 Å². The second kappa shape index (κ2) is 10.8. The molecule has 21 heavy (non-hydrogen) atoms. The number of hydrogen-bond donors (Lipinski definition) is 1. The Morgan fingerprint density at radius 1 is 1.10 bits per heavy atom. The first-order valence-corrected chi connectivity index (χ1v) is 8.61. The molecule has 2 unspecified atom stereocenters. The Balaban J connectivity index is 2.76. The molecular formula is C17H31NO3. The van der Waals surface area contributed by atoms with Gasteiger partial charge in [0.2, 0.25) is 0 Å². The molecule has 0 amide bonds. The van der Waals surface area contributed by atoms with Crippen LogP contribution in [0.1, 0.15) is 71.1 Å². The van der Waals surface area contributed by atoms with Crippen LogP contribution < -0.4 is 5.73 Å². The molecule has 1 fully saturated rings. The van der Waals surface area contributed by atoms with Crippen molar-refractivity contribution in [3.05, 3.63) is 0 Å². The monoisotopic (exact) mass is 297 g/mol. The Morgan fingerprint density at radius 3 is 2.24 bits per heavy atom. The predicted octanol–water partition coefficient (Wildman–Crippen LogP) is 3.22. The normalized spacial score (nSPS) is 25.7. The highest BCUT2D eigenvalue weighted by molar-refractivity contribution is 6.00. The molecule has 1 saturated carbocycles. The zero-order chi connectivity index (χ0) is 15.5. The second-order valence-electron chi connectivity index (χ2n) is 6.03. The molecule has 2 atom stereocenters. The highest BCUT2D eigenvalue weighted by Crippen LogP contribution is 2.25. The third kappa shape index (κ3) is 6.60. The number of nitrogens with two attached hydrogens (primary N) is 1. The Morgan fingerprint density at radius 2 is 1.67 bits per heavy atom. The summed E-state index contributed by atoms with van der Waals surface area (Å²) in [5.41, 5.74) is 5.65. The Kier molecular flexibility index (Phi) is 9.31. The molecule has 122 valence electrons. The summed E-state index contributed by atoms with van der Waals surface area (Å²) in [6.07, 6.45) is 10.2. The third-order valence-electron chi connectivity index (χ3n) is 4.38. The molecule has 0 aromatic rings. The van der Waals surface area contributed by atoms with E-state index in [1.54, 1.807) is 6.92 Å². The molecule has 0 bridgehead atoms. The average Bonchev–Trinajstić information content (AvgIpc) is 2.46. The highest BCUT2D eigenvalue weighted by Gasteiger charge is 2.32. The number of rotatable bonds is 4. The predicted molar refractivity (Wildman–Crippen MR) is 83.8 cm³/mol. The van der Waals surface area contributed by atoms with Gasteiger partial charge in [-0.15, -0.1) is 0 Å². The third-order valence-corrected chi connectivity index (χ3v) is 4.38. The lowest BCUT2D eigenvalue weighted by Gasteiger charge is -2.22. The van der Waals surface area contributed by atoms with Crippen LogP contribution >= 0.6 is 0 Å². The fraction of sp³-hybridized carbons (Fsp3) is 0.882. The molecule has 4 nitrogen and oxygen atoms in total. The molecule has 4 heteroatoms. The van der Waals surface area contributed by atoms with E-state index < -0.39 is 5.92 Å². The van der Waals surface area contributed by atoms with Crippen molar-refractivity contribution in [3.8, 4) is 0 Å². The molecule has 0 aliphatic heterocycles. The van der Waals surface area contributed by atoms with Gasteiger partial charge in [-0.05, 0) is 32.7 Å². The van der Waals surface area contributed by atoms with Crippen LogP contribution in [0.15, 0.2) is 0 Å². The number of carbonyl (C=O) groups excluding carboxylic acids is 2. The van der Waals surface area contributed by atoms with E-state index in [1.807, 2.05) is 0 Å². The number of Topliss-reactive ketones (excluding diaryl/α,β-unsaturated/α-hetero) is 1. The van der Waals surface area contributed by atoms with Crippen LogP contribution in [0.4, 0.5) is 0 Å². The smallest absolute Gasteiger partial charge is 0.316 e. The van der Waals surface area contributed by atoms with E-state index in [1.165, 1.54) is 25.7 Å². The summed E-state index contributed by atoms with van der Waals surface area (Å²) in [7, 11) is 0. The molecule has 0 saturated heterocycles. The van der Waals surface area contributed by atoms with Crippen LogP contribution in [0.25, 0.3) is 0 Å². The number of esters is 1. The Bertz CT molecular complexity index is 317. The van der Waals surface area contributed by atoms with Crippen LogP contribution in [0.5, 0.6) is 0 Å².